The normalized spacial score (nSPS) is 18.1. The second kappa shape index (κ2) is 10.0. The molecule has 0 aliphatic heterocycles. The van der Waals surface area contributed by atoms with Crippen molar-refractivity contribution < 1.29 is 13.9 Å². The van der Waals surface area contributed by atoms with Gasteiger partial charge in [-0.05, 0) is 63.5 Å². The van der Waals surface area contributed by atoms with Crippen LogP contribution >= 0.6 is 0 Å². The van der Waals surface area contributed by atoms with Crippen LogP contribution in [0.15, 0.2) is 47.4 Å². The van der Waals surface area contributed by atoms with Gasteiger partial charge in [0.05, 0.1) is 35.5 Å². The van der Waals surface area contributed by atoms with Crippen molar-refractivity contribution in [2.45, 2.75) is 37.8 Å². The highest BCUT2D eigenvalue weighted by molar-refractivity contribution is 6.04. The van der Waals surface area contributed by atoms with Gasteiger partial charge in [-0.2, -0.15) is 0 Å². The van der Waals surface area contributed by atoms with E-state index < -0.39 is 0 Å². The van der Waals surface area contributed by atoms with Crippen molar-refractivity contribution in [3.05, 3.63) is 58.9 Å². The van der Waals surface area contributed by atoms with Gasteiger partial charge in [0.15, 0.2) is 0 Å². The standard InChI is InChI=1S/C28H33FN4O3/c1-31(2)12-5-13-36-20-9-6-18(7-10-20)22-15-23-25(16-24(22)29)30-17-26-27(23)33(28(34)32(26)3)19-8-11-21(14-19)35-4/h6-7,9-10,15-17,19,21H,5,8,11-14H2,1-4H3/t19-,21+/m1/s1. The van der Waals surface area contributed by atoms with E-state index in [1.807, 2.05) is 49.0 Å². The van der Waals surface area contributed by atoms with Gasteiger partial charge in [0.2, 0.25) is 0 Å². The van der Waals surface area contributed by atoms with Crippen molar-refractivity contribution >= 4 is 21.9 Å². The van der Waals surface area contributed by atoms with E-state index in [1.165, 1.54) is 6.07 Å². The first-order valence-corrected chi connectivity index (χ1v) is 12.5. The molecule has 1 saturated carbocycles. The summed E-state index contributed by atoms with van der Waals surface area (Å²) in [5, 5.41) is 0.770. The number of ether oxygens (including phenoxy) is 2. The fraction of sp³-hybridized carbons (Fsp3) is 0.429. The number of fused-ring (bicyclic) bond motifs is 3. The van der Waals surface area contributed by atoms with E-state index in [4.69, 9.17) is 9.47 Å². The van der Waals surface area contributed by atoms with Crippen LogP contribution in [0.3, 0.4) is 0 Å². The number of halogens is 1. The van der Waals surface area contributed by atoms with Gasteiger partial charge >= 0.3 is 5.69 Å². The number of methoxy groups -OCH3 is 1. The number of rotatable bonds is 8. The van der Waals surface area contributed by atoms with Gasteiger partial charge in [-0.3, -0.25) is 14.1 Å². The molecule has 190 valence electrons. The number of aromatic nitrogens is 3. The molecule has 0 spiro atoms. The van der Waals surface area contributed by atoms with E-state index in [9.17, 15) is 4.79 Å². The van der Waals surface area contributed by atoms with Crippen LogP contribution in [0, 0.1) is 5.82 Å². The third kappa shape index (κ3) is 4.51. The molecule has 0 bridgehead atoms. The molecular formula is C28H33FN4O3. The Balaban J connectivity index is 1.54. The molecular weight excluding hydrogens is 459 g/mol. The fourth-order valence-corrected chi connectivity index (χ4v) is 5.28. The summed E-state index contributed by atoms with van der Waals surface area (Å²) >= 11 is 0. The number of benzene rings is 2. The molecule has 1 fully saturated rings. The first kappa shape index (κ1) is 24.5. The molecule has 2 aromatic carbocycles. The van der Waals surface area contributed by atoms with Crippen LogP contribution in [-0.4, -0.2) is 59.5 Å². The zero-order valence-corrected chi connectivity index (χ0v) is 21.3. The minimum Gasteiger partial charge on any atom is -0.494 e. The van der Waals surface area contributed by atoms with Crippen molar-refractivity contribution in [3.8, 4) is 16.9 Å². The van der Waals surface area contributed by atoms with Crippen LogP contribution in [-0.2, 0) is 11.8 Å². The largest absolute Gasteiger partial charge is 0.494 e. The molecule has 2 heterocycles. The molecule has 4 aromatic rings. The van der Waals surface area contributed by atoms with Crippen molar-refractivity contribution in [1.82, 2.24) is 19.0 Å². The maximum atomic E-state index is 15.2. The molecule has 2 aromatic heterocycles. The van der Waals surface area contributed by atoms with Crippen molar-refractivity contribution in [1.29, 1.82) is 0 Å². The Bertz CT molecular complexity index is 1440. The summed E-state index contributed by atoms with van der Waals surface area (Å²) in [5.74, 6) is 0.410. The van der Waals surface area contributed by atoms with Gasteiger partial charge < -0.3 is 14.4 Å². The van der Waals surface area contributed by atoms with Crippen molar-refractivity contribution in [2.24, 2.45) is 7.05 Å². The molecule has 1 aliphatic carbocycles. The first-order chi connectivity index (χ1) is 17.4. The SMILES string of the molecule is CO[C@H]1CC[C@@H](n2c(=O)n(C)c3cnc4cc(F)c(-c5ccc(OCCCN(C)C)cc5)cc4c32)C1. The summed E-state index contributed by atoms with van der Waals surface area (Å²) < 4.78 is 30.1. The first-order valence-electron chi connectivity index (χ1n) is 12.5. The van der Waals surface area contributed by atoms with Crippen molar-refractivity contribution in [2.75, 3.05) is 34.4 Å². The lowest BCUT2D eigenvalue weighted by atomic mass is 10.0. The summed E-state index contributed by atoms with van der Waals surface area (Å²) in [7, 11) is 7.55. The Morgan fingerprint density at radius 3 is 2.64 bits per heavy atom. The zero-order valence-electron chi connectivity index (χ0n) is 21.3. The Kier molecular flexibility index (Phi) is 6.81. The van der Waals surface area contributed by atoms with Crippen molar-refractivity contribution in [3.63, 3.8) is 0 Å². The van der Waals surface area contributed by atoms with Crippen LogP contribution in [0.1, 0.15) is 31.7 Å². The van der Waals surface area contributed by atoms with E-state index in [0.29, 0.717) is 17.7 Å². The average molecular weight is 493 g/mol. The summed E-state index contributed by atoms with van der Waals surface area (Å²) in [6.45, 7) is 1.59. The third-order valence-electron chi connectivity index (χ3n) is 7.24. The Hall–Kier alpha value is -3.23. The van der Waals surface area contributed by atoms with Gasteiger partial charge in [0.1, 0.15) is 11.6 Å². The predicted molar refractivity (Wildman–Crippen MR) is 140 cm³/mol. The molecule has 0 radical (unpaired) electrons. The maximum absolute atomic E-state index is 15.2. The summed E-state index contributed by atoms with van der Waals surface area (Å²) in [4.78, 5) is 19.9. The third-order valence-corrected chi connectivity index (χ3v) is 7.24. The topological polar surface area (TPSA) is 61.5 Å². The molecule has 5 rings (SSSR count). The molecule has 1 aliphatic rings. The fourth-order valence-electron chi connectivity index (χ4n) is 5.28. The van der Waals surface area contributed by atoms with Crippen LogP contribution in [0.5, 0.6) is 5.75 Å². The molecule has 0 unspecified atom stereocenters. The van der Waals surface area contributed by atoms with Gasteiger partial charge in [0, 0.05) is 43.8 Å². The quantitative estimate of drug-likeness (QED) is 0.332. The lowest BCUT2D eigenvalue weighted by molar-refractivity contribution is 0.106. The van der Waals surface area contributed by atoms with Crippen LogP contribution in [0.25, 0.3) is 33.1 Å². The average Bonchev–Trinajstić information content (AvgIpc) is 3.44. The lowest BCUT2D eigenvalue weighted by Crippen LogP contribution is -2.25. The Morgan fingerprint density at radius 2 is 1.94 bits per heavy atom. The molecule has 2 atom stereocenters. The zero-order chi connectivity index (χ0) is 25.4. The summed E-state index contributed by atoms with van der Waals surface area (Å²) in [6.07, 6.45) is 5.30. The number of nitrogens with zero attached hydrogens (tertiary/aromatic N) is 4. The number of imidazole rings is 1. The molecule has 36 heavy (non-hydrogen) atoms. The molecule has 7 nitrogen and oxygen atoms in total. The molecule has 0 amide bonds. The molecule has 0 saturated heterocycles. The van der Waals surface area contributed by atoms with Gasteiger partial charge in [-0.25, -0.2) is 9.18 Å². The monoisotopic (exact) mass is 492 g/mol. The van der Waals surface area contributed by atoms with Crippen LogP contribution in [0.2, 0.25) is 0 Å². The summed E-state index contributed by atoms with van der Waals surface area (Å²) in [5.41, 5.74) is 3.22. The Morgan fingerprint density at radius 1 is 1.17 bits per heavy atom. The smallest absolute Gasteiger partial charge is 0.329 e. The van der Waals surface area contributed by atoms with E-state index >= 15 is 4.39 Å². The van der Waals surface area contributed by atoms with Gasteiger partial charge in [-0.1, -0.05) is 12.1 Å². The number of pyridine rings is 1. The minimum atomic E-state index is -0.348. The van der Waals surface area contributed by atoms with E-state index in [2.05, 4.69) is 9.88 Å². The molecule has 0 N–H and O–H groups in total. The van der Waals surface area contributed by atoms with Gasteiger partial charge in [-0.15, -0.1) is 0 Å². The van der Waals surface area contributed by atoms with Crippen LogP contribution < -0.4 is 10.4 Å². The maximum Gasteiger partial charge on any atom is 0.329 e. The van der Waals surface area contributed by atoms with Crippen LogP contribution in [0.4, 0.5) is 4.39 Å². The summed E-state index contributed by atoms with van der Waals surface area (Å²) in [6, 6.07) is 10.8. The highest BCUT2D eigenvalue weighted by atomic mass is 19.1. The van der Waals surface area contributed by atoms with Gasteiger partial charge in [0.25, 0.3) is 0 Å². The number of aryl methyl sites for hydroxylation is 1. The van der Waals surface area contributed by atoms with E-state index in [1.54, 1.807) is 24.9 Å². The number of hydrogen-bond acceptors (Lipinski definition) is 5. The lowest BCUT2D eigenvalue weighted by Gasteiger charge is -2.14. The second-order valence-corrected chi connectivity index (χ2v) is 9.91. The molecule has 8 heteroatoms. The minimum absolute atomic E-state index is 0.0363. The van der Waals surface area contributed by atoms with E-state index in [-0.39, 0.29) is 23.7 Å². The van der Waals surface area contributed by atoms with E-state index in [0.717, 1.165) is 60.0 Å². The highest BCUT2D eigenvalue weighted by Crippen LogP contribution is 2.36. The predicted octanol–water partition coefficient (Wildman–Crippen LogP) is 4.76. The highest BCUT2D eigenvalue weighted by Gasteiger charge is 2.30. The Labute approximate surface area is 210 Å². The second-order valence-electron chi connectivity index (χ2n) is 9.91. The number of hydrogen-bond donors (Lipinski definition) is 0.